The number of hydrogen-bond acceptors (Lipinski definition) is 2. The van der Waals surface area contributed by atoms with Gasteiger partial charge in [-0.25, -0.2) is 4.39 Å². The molecule has 0 fully saturated rings. The van der Waals surface area contributed by atoms with Crippen LogP contribution in [0.1, 0.15) is 18.1 Å². The van der Waals surface area contributed by atoms with E-state index in [1.807, 2.05) is 19.9 Å². The predicted octanol–water partition coefficient (Wildman–Crippen LogP) is 2.71. The minimum absolute atomic E-state index is 0.160. The second-order valence-electron chi connectivity index (χ2n) is 3.56. The number of rotatable bonds is 4. The first-order valence-corrected chi connectivity index (χ1v) is 5.83. The van der Waals surface area contributed by atoms with Gasteiger partial charge in [-0.2, -0.15) is 11.8 Å². The van der Waals surface area contributed by atoms with Gasteiger partial charge in [-0.3, -0.25) is 0 Å². The van der Waals surface area contributed by atoms with Crippen molar-refractivity contribution < 1.29 is 4.39 Å². The highest BCUT2D eigenvalue weighted by Crippen LogP contribution is 2.17. The molecule has 1 atom stereocenters. The molecule has 0 aliphatic rings. The van der Waals surface area contributed by atoms with E-state index in [9.17, 15) is 4.39 Å². The van der Waals surface area contributed by atoms with Gasteiger partial charge in [0.05, 0.1) is 0 Å². The molecule has 1 unspecified atom stereocenters. The van der Waals surface area contributed by atoms with Crippen molar-refractivity contribution >= 4 is 11.8 Å². The van der Waals surface area contributed by atoms with Crippen molar-refractivity contribution in [3.63, 3.8) is 0 Å². The number of aryl methyl sites for hydroxylation is 1. The third-order valence-corrected chi connectivity index (χ3v) is 3.23. The van der Waals surface area contributed by atoms with Crippen LogP contribution in [0.15, 0.2) is 18.2 Å². The molecular formula is C11H16FNS. The summed E-state index contributed by atoms with van der Waals surface area (Å²) in [5.41, 5.74) is 7.84. The normalized spacial score (nSPS) is 12.9. The quantitative estimate of drug-likeness (QED) is 0.832. The molecule has 1 rings (SSSR count). The number of hydrogen-bond donors (Lipinski definition) is 1. The average molecular weight is 213 g/mol. The average Bonchev–Trinajstić information content (AvgIpc) is 2.10. The van der Waals surface area contributed by atoms with Crippen molar-refractivity contribution in [1.29, 1.82) is 0 Å². The van der Waals surface area contributed by atoms with E-state index in [1.54, 1.807) is 17.8 Å². The number of nitrogens with two attached hydrogens (primary N) is 1. The third-order valence-electron chi connectivity index (χ3n) is 1.95. The van der Waals surface area contributed by atoms with Gasteiger partial charge < -0.3 is 5.73 Å². The van der Waals surface area contributed by atoms with E-state index >= 15 is 0 Å². The molecule has 0 spiro atoms. The van der Waals surface area contributed by atoms with Crippen molar-refractivity contribution in [1.82, 2.24) is 0 Å². The molecule has 0 saturated carbocycles. The third kappa shape index (κ3) is 3.68. The van der Waals surface area contributed by atoms with Crippen molar-refractivity contribution in [2.45, 2.75) is 25.6 Å². The Bertz CT molecular complexity index is 299. The maximum absolute atomic E-state index is 12.9. The predicted molar refractivity (Wildman–Crippen MR) is 60.9 cm³/mol. The lowest BCUT2D eigenvalue weighted by Crippen LogP contribution is -2.17. The highest BCUT2D eigenvalue weighted by atomic mass is 32.2. The molecule has 1 nitrogen and oxygen atoms in total. The first-order chi connectivity index (χ1) is 6.59. The van der Waals surface area contributed by atoms with Crippen molar-refractivity contribution in [3.05, 3.63) is 35.1 Å². The van der Waals surface area contributed by atoms with E-state index in [1.165, 1.54) is 6.07 Å². The topological polar surface area (TPSA) is 26.0 Å². The Kier molecular flexibility index (Phi) is 4.42. The first-order valence-electron chi connectivity index (χ1n) is 4.68. The molecule has 0 amide bonds. The molecule has 0 bridgehead atoms. The van der Waals surface area contributed by atoms with Gasteiger partial charge >= 0.3 is 0 Å². The summed E-state index contributed by atoms with van der Waals surface area (Å²) in [6.07, 6.45) is 0. The van der Waals surface area contributed by atoms with Crippen LogP contribution in [0.3, 0.4) is 0 Å². The Morgan fingerprint density at radius 1 is 1.50 bits per heavy atom. The Balaban J connectivity index is 2.53. The SMILES string of the molecule is Cc1ccc(F)cc1CSCC(C)N. The molecule has 0 saturated heterocycles. The standard InChI is InChI=1S/C11H16FNS/c1-8-3-4-11(12)5-10(8)7-14-6-9(2)13/h3-5,9H,6-7,13H2,1-2H3. The Morgan fingerprint density at radius 3 is 2.86 bits per heavy atom. The van der Waals surface area contributed by atoms with Crippen LogP contribution in [0.5, 0.6) is 0 Å². The summed E-state index contributed by atoms with van der Waals surface area (Å²) in [5.74, 6) is 1.59. The van der Waals surface area contributed by atoms with Crippen LogP contribution in [-0.4, -0.2) is 11.8 Å². The van der Waals surface area contributed by atoms with Crippen LogP contribution in [-0.2, 0) is 5.75 Å². The lowest BCUT2D eigenvalue weighted by atomic mass is 10.1. The van der Waals surface area contributed by atoms with Gasteiger partial charge in [-0.1, -0.05) is 6.07 Å². The monoisotopic (exact) mass is 213 g/mol. The molecule has 1 aromatic rings. The maximum Gasteiger partial charge on any atom is 0.123 e. The lowest BCUT2D eigenvalue weighted by Gasteiger charge is -2.07. The Hall–Kier alpha value is -0.540. The van der Waals surface area contributed by atoms with Crippen LogP contribution in [0.4, 0.5) is 4.39 Å². The number of benzene rings is 1. The maximum atomic E-state index is 12.9. The summed E-state index contributed by atoms with van der Waals surface area (Å²) in [5, 5.41) is 0. The molecule has 1 aromatic carbocycles. The zero-order valence-electron chi connectivity index (χ0n) is 8.59. The highest BCUT2D eigenvalue weighted by molar-refractivity contribution is 7.98. The fourth-order valence-electron chi connectivity index (χ4n) is 1.15. The molecule has 0 heterocycles. The molecule has 14 heavy (non-hydrogen) atoms. The fraction of sp³-hybridized carbons (Fsp3) is 0.455. The lowest BCUT2D eigenvalue weighted by molar-refractivity contribution is 0.626. The van der Waals surface area contributed by atoms with Crippen molar-refractivity contribution in [2.75, 3.05) is 5.75 Å². The number of halogens is 1. The molecule has 3 heteroatoms. The zero-order valence-corrected chi connectivity index (χ0v) is 9.40. The van der Waals surface area contributed by atoms with Crippen LogP contribution in [0.2, 0.25) is 0 Å². The van der Waals surface area contributed by atoms with E-state index in [4.69, 9.17) is 5.73 Å². The second kappa shape index (κ2) is 5.37. The van der Waals surface area contributed by atoms with Crippen LogP contribution in [0.25, 0.3) is 0 Å². The summed E-state index contributed by atoms with van der Waals surface area (Å²) in [7, 11) is 0. The number of thioether (sulfide) groups is 1. The summed E-state index contributed by atoms with van der Waals surface area (Å²) in [6, 6.07) is 5.12. The zero-order chi connectivity index (χ0) is 10.6. The molecule has 0 aliphatic heterocycles. The van der Waals surface area contributed by atoms with Gasteiger partial charge in [0.2, 0.25) is 0 Å². The van der Waals surface area contributed by atoms with E-state index < -0.39 is 0 Å². The Labute approximate surface area is 88.9 Å². The second-order valence-corrected chi connectivity index (χ2v) is 4.59. The first kappa shape index (κ1) is 11.5. The van der Waals surface area contributed by atoms with Crippen LogP contribution < -0.4 is 5.73 Å². The molecule has 2 N–H and O–H groups in total. The fourth-order valence-corrected chi connectivity index (χ4v) is 2.17. The summed E-state index contributed by atoms with van der Waals surface area (Å²) >= 11 is 1.75. The van der Waals surface area contributed by atoms with E-state index in [0.717, 1.165) is 22.6 Å². The van der Waals surface area contributed by atoms with Crippen molar-refractivity contribution in [2.24, 2.45) is 5.73 Å². The Morgan fingerprint density at radius 2 is 2.21 bits per heavy atom. The molecule has 78 valence electrons. The van der Waals surface area contributed by atoms with Crippen molar-refractivity contribution in [3.8, 4) is 0 Å². The molecule has 0 aromatic heterocycles. The van der Waals surface area contributed by atoms with E-state index in [-0.39, 0.29) is 11.9 Å². The minimum atomic E-state index is -0.160. The van der Waals surface area contributed by atoms with Gasteiger partial charge in [0.1, 0.15) is 5.82 Å². The highest BCUT2D eigenvalue weighted by Gasteiger charge is 2.01. The molecular weight excluding hydrogens is 197 g/mol. The molecule has 0 radical (unpaired) electrons. The van der Waals surface area contributed by atoms with E-state index in [2.05, 4.69) is 0 Å². The van der Waals surface area contributed by atoms with Gasteiger partial charge in [0.25, 0.3) is 0 Å². The van der Waals surface area contributed by atoms with Gasteiger partial charge in [0.15, 0.2) is 0 Å². The minimum Gasteiger partial charge on any atom is -0.327 e. The van der Waals surface area contributed by atoms with Gasteiger partial charge in [0, 0.05) is 17.5 Å². The van der Waals surface area contributed by atoms with Crippen LogP contribution >= 0.6 is 11.8 Å². The summed E-state index contributed by atoms with van der Waals surface area (Å²) < 4.78 is 12.9. The molecule has 0 aliphatic carbocycles. The largest absolute Gasteiger partial charge is 0.327 e. The summed E-state index contributed by atoms with van der Waals surface area (Å²) in [4.78, 5) is 0. The van der Waals surface area contributed by atoms with Gasteiger partial charge in [-0.15, -0.1) is 0 Å². The van der Waals surface area contributed by atoms with Crippen LogP contribution in [0, 0.1) is 12.7 Å². The summed E-state index contributed by atoms with van der Waals surface area (Å²) in [6.45, 7) is 3.98. The van der Waals surface area contributed by atoms with E-state index in [0.29, 0.717) is 0 Å². The van der Waals surface area contributed by atoms with Gasteiger partial charge in [-0.05, 0) is 37.1 Å². The smallest absolute Gasteiger partial charge is 0.123 e.